The molecule has 0 aliphatic carbocycles. The standard InChI is InChI=1S/C19H25N5O/c1-3-7-18-21-19(25-22-18)14(2)23-11-6-8-15(12-23)24-13-20-16-9-4-5-10-17(16)24/h4-5,9-10,13-15H,3,6-8,11-12H2,1-2H3/t14-,15+/m1/s1. The Balaban J connectivity index is 1.52. The van der Waals surface area contributed by atoms with E-state index in [-0.39, 0.29) is 6.04 Å². The molecule has 0 amide bonds. The van der Waals surface area contributed by atoms with E-state index >= 15 is 0 Å². The number of hydrogen-bond donors (Lipinski definition) is 0. The van der Waals surface area contributed by atoms with E-state index in [4.69, 9.17) is 4.52 Å². The molecular formula is C19H25N5O. The molecule has 6 nitrogen and oxygen atoms in total. The normalized spacial score (nSPS) is 20.2. The molecule has 0 saturated carbocycles. The minimum Gasteiger partial charge on any atom is -0.338 e. The van der Waals surface area contributed by atoms with Crippen molar-refractivity contribution in [2.45, 2.75) is 51.6 Å². The molecule has 25 heavy (non-hydrogen) atoms. The van der Waals surface area contributed by atoms with Crippen LogP contribution in [0.3, 0.4) is 0 Å². The Labute approximate surface area is 147 Å². The van der Waals surface area contributed by atoms with Crippen molar-refractivity contribution >= 4 is 11.0 Å². The second kappa shape index (κ2) is 6.96. The van der Waals surface area contributed by atoms with E-state index in [2.05, 4.69) is 56.6 Å². The number of hydrogen-bond acceptors (Lipinski definition) is 5. The summed E-state index contributed by atoms with van der Waals surface area (Å²) < 4.78 is 7.83. The summed E-state index contributed by atoms with van der Waals surface area (Å²) in [7, 11) is 0. The SMILES string of the molecule is CCCc1noc([C@@H](C)N2CCC[C@H](n3cnc4ccccc43)C2)n1. The Hall–Kier alpha value is -2.21. The van der Waals surface area contributed by atoms with Crippen molar-refractivity contribution in [3.05, 3.63) is 42.3 Å². The van der Waals surface area contributed by atoms with Gasteiger partial charge in [0, 0.05) is 19.0 Å². The topological polar surface area (TPSA) is 60.0 Å². The first-order valence-electron chi connectivity index (χ1n) is 9.24. The Morgan fingerprint density at radius 3 is 3.08 bits per heavy atom. The summed E-state index contributed by atoms with van der Waals surface area (Å²) in [5.74, 6) is 1.55. The van der Waals surface area contributed by atoms with E-state index in [1.165, 1.54) is 11.9 Å². The summed E-state index contributed by atoms with van der Waals surface area (Å²) in [6, 6.07) is 8.93. The van der Waals surface area contributed by atoms with Gasteiger partial charge in [-0.05, 0) is 44.9 Å². The van der Waals surface area contributed by atoms with Gasteiger partial charge >= 0.3 is 0 Å². The number of benzene rings is 1. The van der Waals surface area contributed by atoms with E-state index in [0.717, 1.165) is 49.6 Å². The molecule has 1 aromatic carbocycles. The summed E-state index contributed by atoms with van der Waals surface area (Å²) in [4.78, 5) is 11.6. The Bertz CT molecular complexity index is 839. The molecule has 3 aromatic rings. The molecule has 1 saturated heterocycles. The first-order valence-corrected chi connectivity index (χ1v) is 9.24. The average molecular weight is 339 g/mol. The predicted octanol–water partition coefficient (Wildman–Crippen LogP) is 3.77. The van der Waals surface area contributed by atoms with Crippen LogP contribution in [0.2, 0.25) is 0 Å². The monoisotopic (exact) mass is 339 g/mol. The number of aromatic nitrogens is 4. The van der Waals surface area contributed by atoms with Gasteiger partial charge in [-0.15, -0.1) is 0 Å². The highest BCUT2D eigenvalue weighted by atomic mass is 16.5. The van der Waals surface area contributed by atoms with Gasteiger partial charge in [0.25, 0.3) is 0 Å². The van der Waals surface area contributed by atoms with Crippen molar-refractivity contribution in [3.63, 3.8) is 0 Å². The molecule has 2 atom stereocenters. The molecule has 0 unspecified atom stereocenters. The molecule has 4 rings (SSSR count). The number of nitrogens with zero attached hydrogens (tertiary/aromatic N) is 5. The number of likely N-dealkylation sites (tertiary alicyclic amines) is 1. The van der Waals surface area contributed by atoms with E-state index in [1.807, 2.05) is 12.4 Å². The maximum absolute atomic E-state index is 5.51. The van der Waals surface area contributed by atoms with Gasteiger partial charge in [0.15, 0.2) is 5.82 Å². The average Bonchev–Trinajstić information content (AvgIpc) is 3.28. The number of para-hydroxylation sites is 2. The fourth-order valence-corrected chi connectivity index (χ4v) is 3.75. The Morgan fingerprint density at radius 2 is 2.20 bits per heavy atom. The number of rotatable bonds is 5. The third-order valence-corrected chi connectivity index (χ3v) is 5.16. The zero-order chi connectivity index (χ0) is 17.2. The van der Waals surface area contributed by atoms with Crippen LogP contribution in [0, 0.1) is 0 Å². The molecule has 1 fully saturated rings. The molecule has 0 N–H and O–H groups in total. The summed E-state index contributed by atoms with van der Waals surface area (Å²) in [6.07, 6.45) is 6.23. The van der Waals surface area contributed by atoms with Crippen molar-refractivity contribution < 1.29 is 4.52 Å². The Kier molecular flexibility index (Phi) is 4.53. The van der Waals surface area contributed by atoms with Crippen LogP contribution in [0.15, 0.2) is 35.1 Å². The minimum atomic E-state index is 0.149. The second-order valence-corrected chi connectivity index (χ2v) is 6.91. The smallest absolute Gasteiger partial charge is 0.243 e. The molecule has 6 heteroatoms. The maximum Gasteiger partial charge on any atom is 0.243 e. The van der Waals surface area contributed by atoms with E-state index < -0.39 is 0 Å². The molecule has 0 radical (unpaired) electrons. The lowest BCUT2D eigenvalue weighted by molar-refractivity contribution is 0.115. The van der Waals surface area contributed by atoms with Crippen molar-refractivity contribution in [1.29, 1.82) is 0 Å². The van der Waals surface area contributed by atoms with Crippen LogP contribution in [0.4, 0.5) is 0 Å². The lowest BCUT2D eigenvalue weighted by Crippen LogP contribution is -2.38. The van der Waals surface area contributed by atoms with Crippen molar-refractivity contribution in [3.8, 4) is 0 Å². The van der Waals surface area contributed by atoms with Gasteiger partial charge in [-0.25, -0.2) is 4.98 Å². The molecule has 0 bridgehead atoms. The van der Waals surface area contributed by atoms with Crippen LogP contribution in [0.1, 0.15) is 56.9 Å². The highest BCUT2D eigenvalue weighted by Crippen LogP contribution is 2.30. The molecule has 1 aliphatic heterocycles. The summed E-state index contributed by atoms with van der Waals surface area (Å²) >= 11 is 0. The van der Waals surface area contributed by atoms with Crippen LogP contribution in [-0.2, 0) is 6.42 Å². The van der Waals surface area contributed by atoms with Gasteiger partial charge in [-0.3, -0.25) is 4.90 Å². The van der Waals surface area contributed by atoms with Gasteiger partial charge in [-0.1, -0.05) is 24.2 Å². The molecule has 1 aliphatic rings. The second-order valence-electron chi connectivity index (χ2n) is 6.91. The van der Waals surface area contributed by atoms with Crippen LogP contribution >= 0.6 is 0 Å². The van der Waals surface area contributed by atoms with E-state index in [1.54, 1.807) is 0 Å². The molecule has 0 spiro atoms. The quantitative estimate of drug-likeness (QED) is 0.708. The van der Waals surface area contributed by atoms with E-state index in [0.29, 0.717) is 6.04 Å². The lowest BCUT2D eigenvalue weighted by Gasteiger charge is -2.36. The predicted molar refractivity (Wildman–Crippen MR) is 96.3 cm³/mol. The van der Waals surface area contributed by atoms with Crippen LogP contribution in [0.25, 0.3) is 11.0 Å². The fraction of sp³-hybridized carbons (Fsp3) is 0.526. The summed E-state index contributed by atoms with van der Waals surface area (Å²) in [6.45, 7) is 6.34. The van der Waals surface area contributed by atoms with Gasteiger partial charge in [-0.2, -0.15) is 4.98 Å². The molecule has 2 aromatic heterocycles. The summed E-state index contributed by atoms with van der Waals surface area (Å²) in [5.41, 5.74) is 2.28. The highest BCUT2D eigenvalue weighted by molar-refractivity contribution is 5.75. The number of piperidine rings is 1. The zero-order valence-electron chi connectivity index (χ0n) is 14.9. The number of aryl methyl sites for hydroxylation is 1. The minimum absolute atomic E-state index is 0.149. The lowest BCUT2D eigenvalue weighted by atomic mass is 10.0. The van der Waals surface area contributed by atoms with Crippen molar-refractivity contribution in [2.75, 3.05) is 13.1 Å². The van der Waals surface area contributed by atoms with Gasteiger partial charge in [0.1, 0.15) is 0 Å². The zero-order valence-corrected chi connectivity index (χ0v) is 14.9. The van der Waals surface area contributed by atoms with E-state index in [9.17, 15) is 0 Å². The molecular weight excluding hydrogens is 314 g/mol. The summed E-state index contributed by atoms with van der Waals surface area (Å²) in [5, 5.41) is 4.10. The van der Waals surface area contributed by atoms with Crippen molar-refractivity contribution in [2.24, 2.45) is 0 Å². The maximum atomic E-state index is 5.51. The van der Waals surface area contributed by atoms with Crippen LogP contribution < -0.4 is 0 Å². The van der Waals surface area contributed by atoms with Gasteiger partial charge in [0.05, 0.1) is 23.4 Å². The van der Waals surface area contributed by atoms with Gasteiger partial charge < -0.3 is 9.09 Å². The van der Waals surface area contributed by atoms with Gasteiger partial charge in [0.2, 0.25) is 5.89 Å². The third-order valence-electron chi connectivity index (χ3n) is 5.16. The van der Waals surface area contributed by atoms with Crippen LogP contribution in [0.5, 0.6) is 0 Å². The number of fused-ring (bicyclic) bond motifs is 1. The molecule has 132 valence electrons. The Morgan fingerprint density at radius 1 is 1.32 bits per heavy atom. The van der Waals surface area contributed by atoms with Crippen LogP contribution in [-0.4, -0.2) is 37.7 Å². The van der Waals surface area contributed by atoms with Crippen molar-refractivity contribution in [1.82, 2.24) is 24.6 Å². The number of imidazole rings is 1. The fourth-order valence-electron chi connectivity index (χ4n) is 3.75. The first-order chi connectivity index (χ1) is 12.3. The highest BCUT2D eigenvalue weighted by Gasteiger charge is 2.28. The third kappa shape index (κ3) is 3.18. The largest absolute Gasteiger partial charge is 0.338 e. The molecule has 3 heterocycles. The first kappa shape index (κ1) is 16.3.